The monoisotopic (exact) mass is 975 g/mol. The minimum absolute atomic E-state index is 0.0626. The van der Waals surface area contributed by atoms with Gasteiger partial charge in [-0.1, -0.05) is 317 Å². The number of hydrogen-bond acceptors (Lipinski definition) is 6. The largest absolute Gasteiger partial charge is 0.462 e. The average Bonchev–Trinajstić information content (AvgIpc) is 3.34. The molecule has 0 N–H and O–H groups in total. The first-order valence-corrected chi connectivity index (χ1v) is 31.3. The molecule has 0 saturated heterocycles. The van der Waals surface area contributed by atoms with Crippen LogP contribution in [0.25, 0.3) is 0 Å². The molecule has 1 unspecified atom stereocenters. The van der Waals surface area contributed by atoms with Crippen LogP contribution in [0, 0.1) is 11.8 Å². The lowest BCUT2D eigenvalue weighted by molar-refractivity contribution is -0.167. The van der Waals surface area contributed by atoms with Crippen molar-refractivity contribution in [3.05, 3.63) is 0 Å². The normalized spacial score (nSPS) is 12.4. The first-order chi connectivity index (χ1) is 33.8. The van der Waals surface area contributed by atoms with Crippen molar-refractivity contribution in [2.75, 3.05) is 13.2 Å². The minimum Gasteiger partial charge on any atom is -0.462 e. The molecule has 0 aromatic carbocycles. The lowest BCUT2D eigenvalue weighted by Crippen LogP contribution is -2.30. The molecular weight excluding hydrogens is 853 g/mol. The highest BCUT2D eigenvalue weighted by atomic mass is 16.6. The maximum atomic E-state index is 12.9. The Hall–Kier alpha value is -1.59. The van der Waals surface area contributed by atoms with Crippen LogP contribution in [-0.4, -0.2) is 37.2 Å². The van der Waals surface area contributed by atoms with Crippen molar-refractivity contribution >= 4 is 17.9 Å². The van der Waals surface area contributed by atoms with E-state index in [4.69, 9.17) is 14.2 Å². The summed E-state index contributed by atoms with van der Waals surface area (Å²) in [7, 11) is 0. The fraction of sp³-hybridized carbons (Fsp3) is 0.952. The van der Waals surface area contributed by atoms with Gasteiger partial charge in [0.2, 0.25) is 0 Å². The third kappa shape index (κ3) is 55.6. The number of unbranched alkanes of at least 4 members (excludes halogenated alkanes) is 41. The Morgan fingerprint density at radius 2 is 0.551 bits per heavy atom. The lowest BCUT2D eigenvalue weighted by atomic mass is 9.99. The number of carbonyl (C=O) groups excluding carboxylic acids is 3. The van der Waals surface area contributed by atoms with Gasteiger partial charge in [0.15, 0.2) is 6.10 Å². The zero-order valence-electron chi connectivity index (χ0n) is 47.5. The number of esters is 3. The van der Waals surface area contributed by atoms with Crippen molar-refractivity contribution in [1.29, 1.82) is 0 Å². The summed E-state index contributed by atoms with van der Waals surface area (Å²) in [5.41, 5.74) is 0. The first kappa shape index (κ1) is 67.4. The molecule has 0 fully saturated rings. The van der Waals surface area contributed by atoms with Gasteiger partial charge in [-0.15, -0.1) is 0 Å². The highest BCUT2D eigenvalue weighted by Gasteiger charge is 2.19. The van der Waals surface area contributed by atoms with Gasteiger partial charge in [0, 0.05) is 19.3 Å². The van der Waals surface area contributed by atoms with Crippen molar-refractivity contribution in [3.63, 3.8) is 0 Å². The van der Waals surface area contributed by atoms with Crippen molar-refractivity contribution in [3.8, 4) is 0 Å². The van der Waals surface area contributed by atoms with Crippen LogP contribution in [0.4, 0.5) is 0 Å². The molecule has 0 aliphatic heterocycles. The van der Waals surface area contributed by atoms with E-state index < -0.39 is 6.10 Å². The molecule has 0 amide bonds. The van der Waals surface area contributed by atoms with Crippen LogP contribution in [0.15, 0.2) is 0 Å². The van der Waals surface area contributed by atoms with Gasteiger partial charge in [0.25, 0.3) is 0 Å². The Kier molecular flexibility index (Phi) is 54.4. The van der Waals surface area contributed by atoms with Gasteiger partial charge in [0.1, 0.15) is 13.2 Å². The maximum absolute atomic E-state index is 12.9. The Bertz CT molecular complexity index is 1060. The lowest BCUT2D eigenvalue weighted by Gasteiger charge is -2.18. The number of hydrogen-bond donors (Lipinski definition) is 0. The number of carbonyl (C=O) groups is 3. The molecule has 0 heterocycles. The molecule has 0 rings (SSSR count). The standard InChI is InChI=1S/C63H122O6/c1-6-8-9-10-11-12-13-14-15-16-20-23-26-29-32-38-43-48-53-61(64)67-56-60(57-68-62(65)54-49-44-39-35-34-36-41-46-51-58(3)4)69-63(66)55-50-45-40-33-30-27-24-21-18-17-19-22-25-28-31-37-42-47-52-59(5)7-2/h58-60H,6-57H2,1-5H3/t59?,60-/m1/s1. The van der Waals surface area contributed by atoms with E-state index in [0.29, 0.717) is 19.3 Å². The SMILES string of the molecule is CCCCCCCCCCCCCCCCCCCCC(=O)OC[C@H](COC(=O)CCCCCCCCCCC(C)C)OC(=O)CCCCCCCCCCCCCCCCCCCCC(C)CC. The number of ether oxygens (including phenoxy) is 3. The van der Waals surface area contributed by atoms with E-state index in [2.05, 4.69) is 34.6 Å². The summed E-state index contributed by atoms with van der Waals surface area (Å²) in [6.07, 6.45) is 61.1. The Balaban J connectivity index is 4.22. The van der Waals surface area contributed by atoms with Crippen molar-refractivity contribution < 1.29 is 28.6 Å². The topological polar surface area (TPSA) is 78.9 Å². The highest BCUT2D eigenvalue weighted by Crippen LogP contribution is 2.19. The van der Waals surface area contributed by atoms with Gasteiger partial charge in [-0.05, 0) is 31.1 Å². The van der Waals surface area contributed by atoms with Crippen molar-refractivity contribution in [2.24, 2.45) is 11.8 Å². The fourth-order valence-corrected chi connectivity index (χ4v) is 9.73. The van der Waals surface area contributed by atoms with Gasteiger partial charge in [-0.2, -0.15) is 0 Å². The molecule has 410 valence electrons. The second kappa shape index (κ2) is 55.7. The molecule has 0 radical (unpaired) electrons. The van der Waals surface area contributed by atoms with Gasteiger partial charge in [0.05, 0.1) is 0 Å². The average molecular weight is 976 g/mol. The molecule has 0 aliphatic carbocycles. The van der Waals surface area contributed by atoms with Gasteiger partial charge in [-0.25, -0.2) is 0 Å². The van der Waals surface area contributed by atoms with Crippen LogP contribution >= 0.6 is 0 Å². The third-order valence-corrected chi connectivity index (χ3v) is 14.8. The van der Waals surface area contributed by atoms with Crippen LogP contribution in [-0.2, 0) is 28.6 Å². The summed E-state index contributed by atoms with van der Waals surface area (Å²) in [5, 5.41) is 0. The third-order valence-electron chi connectivity index (χ3n) is 14.8. The van der Waals surface area contributed by atoms with Gasteiger partial charge in [-0.3, -0.25) is 14.4 Å². The molecule has 0 aliphatic rings. The summed E-state index contributed by atoms with van der Waals surface area (Å²) >= 11 is 0. The second-order valence-electron chi connectivity index (χ2n) is 22.4. The second-order valence-corrected chi connectivity index (χ2v) is 22.4. The molecule has 0 spiro atoms. The fourth-order valence-electron chi connectivity index (χ4n) is 9.73. The van der Waals surface area contributed by atoms with Crippen LogP contribution in [0.5, 0.6) is 0 Å². The van der Waals surface area contributed by atoms with Crippen molar-refractivity contribution in [2.45, 2.75) is 362 Å². The summed E-state index contributed by atoms with van der Waals surface area (Å²) in [6.45, 7) is 11.4. The predicted molar refractivity (Wildman–Crippen MR) is 298 cm³/mol. The van der Waals surface area contributed by atoms with E-state index in [1.807, 2.05) is 0 Å². The molecule has 6 nitrogen and oxygen atoms in total. The van der Waals surface area contributed by atoms with Crippen LogP contribution < -0.4 is 0 Å². The van der Waals surface area contributed by atoms with E-state index in [-0.39, 0.29) is 31.1 Å². The molecule has 2 atom stereocenters. The molecule has 0 aromatic rings. The zero-order chi connectivity index (χ0) is 50.4. The predicted octanol–water partition coefficient (Wildman–Crippen LogP) is 20.8. The summed E-state index contributed by atoms with van der Waals surface area (Å²) in [6, 6.07) is 0. The van der Waals surface area contributed by atoms with Crippen LogP contribution in [0.3, 0.4) is 0 Å². The van der Waals surface area contributed by atoms with Gasteiger partial charge < -0.3 is 14.2 Å². The van der Waals surface area contributed by atoms with E-state index >= 15 is 0 Å². The van der Waals surface area contributed by atoms with E-state index in [9.17, 15) is 14.4 Å². The summed E-state index contributed by atoms with van der Waals surface area (Å²) in [5.74, 6) is 0.868. The molecule has 0 bridgehead atoms. The molecule has 69 heavy (non-hydrogen) atoms. The van der Waals surface area contributed by atoms with E-state index in [0.717, 1.165) is 69.6 Å². The van der Waals surface area contributed by atoms with Gasteiger partial charge >= 0.3 is 17.9 Å². The van der Waals surface area contributed by atoms with E-state index in [1.165, 1.54) is 244 Å². The molecule has 0 saturated carbocycles. The first-order valence-electron chi connectivity index (χ1n) is 31.3. The minimum atomic E-state index is -0.763. The van der Waals surface area contributed by atoms with Crippen molar-refractivity contribution in [1.82, 2.24) is 0 Å². The van der Waals surface area contributed by atoms with E-state index in [1.54, 1.807) is 0 Å². The van der Waals surface area contributed by atoms with Crippen LogP contribution in [0.2, 0.25) is 0 Å². The molecule has 6 heteroatoms. The highest BCUT2D eigenvalue weighted by molar-refractivity contribution is 5.71. The maximum Gasteiger partial charge on any atom is 0.306 e. The molecular formula is C63H122O6. The quantitative estimate of drug-likeness (QED) is 0.0343. The Labute approximate surface area is 431 Å². The van der Waals surface area contributed by atoms with Crippen LogP contribution in [0.1, 0.15) is 356 Å². The summed E-state index contributed by atoms with van der Waals surface area (Å²) < 4.78 is 16.9. The summed E-state index contributed by atoms with van der Waals surface area (Å²) in [4.78, 5) is 38.2. The number of rotatable bonds is 57. The Morgan fingerprint density at radius 3 is 0.826 bits per heavy atom. The zero-order valence-corrected chi connectivity index (χ0v) is 47.5. The smallest absolute Gasteiger partial charge is 0.306 e. The Morgan fingerprint density at radius 1 is 0.304 bits per heavy atom. The molecule has 0 aromatic heterocycles.